The first kappa shape index (κ1) is 11.7. The zero-order valence-electron chi connectivity index (χ0n) is 7.77. The summed E-state index contributed by atoms with van der Waals surface area (Å²) in [6.07, 6.45) is 4.20. The van der Waals surface area contributed by atoms with Crippen molar-refractivity contribution in [1.29, 1.82) is 10.5 Å². The number of thiocyanates is 2. The molecule has 0 amide bonds. The van der Waals surface area contributed by atoms with Gasteiger partial charge in [-0.2, -0.15) is 10.5 Å². The number of thioether (sulfide) groups is 1. The third-order valence-corrected chi connectivity index (χ3v) is 1.62. The summed E-state index contributed by atoms with van der Waals surface area (Å²) in [5, 5.41) is 18.3. The van der Waals surface area contributed by atoms with Gasteiger partial charge in [-0.25, -0.2) is 0 Å². The van der Waals surface area contributed by atoms with Crippen LogP contribution in [0.5, 0.6) is 0 Å². The van der Waals surface area contributed by atoms with Crippen molar-refractivity contribution in [2.75, 3.05) is 20.3 Å². The van der Waals surface area contributed by atoms with E-state index in [0.29, 0.717) is 11.8 Å². The maximum absolute atomic E-state index is 7.56. The molecule has 1 aliphatic heterocycles. The lowest BCUT2D eigenvalue weighted by molar-refractivity contribution is 0.308. The van der Waals surface area contributed by atoms with E-state index in [1.807, 2.05) is 0 Å². The maximum Gasteiger partial charge on any atom is 0.149 e. The molecule has 0 atom stereocenters. The summed E-state index contributed by atoms with van der Waals surface area (Å²) in [6.45, 7) is 4.32. The zero-order chi connectivity index (χ0) is 10.1. The second-order valence-electron chi connectivity index (χ2n) is 2.39. The number of nitrogens with zero attached hydrogens (tertiary/aromatic N) is 4. The summed E-state index contributed by atoms with van der Waals surface area (Å²) in [5.41, 5.74) is 0. The predicted molar refractivity (Wildman–Crippen MR) is 53.0 cm³/mol. The lowest BCUT2D eigenvalue weighted by atomic mass is 10.6. The van der Waals surface area contributed by atoms with Crippen molar-refractivity contribution in [3.63, 3.8) is 0 Å². The van der Waals surface area contributed by atoms with E-state index in [9.17, 15) is 0 Å². The third-order valence-electron chi connectivity index (χ3n) is 1.43. The highest BCUT2D eigenvalue weighted by Crippen LogP contribution is 2.00. The Hall–Kier alpha value is -1.33. The fraction of sp³-hybridized carbons (Fsp3) is 0.500. The Morgan fingerprint density at radius 3 is 2.15 bits per heavy atom. The minimum absolute atomic E-state index is 0.574. The van der Waals surface area contributed by atoms with Crippen molar-refractivity contribution >= 4 is 11.8 Å². The van der Waals surface area contributed by atoms with E-state index in [0.717, 1.165) is 13.2 Å². The summed E-state index contributed by atoms with van der Waals surface area (Å²) in [6, 6.07) is 0. The Morgan fingerprint density at radius 2 is 2.00 bits per heavy atom. The maximum atomic E-state index is 7.56. The Morgan fingerprint density at radius 1 is 1.38 bits per heavy atom. The molecule has 0 N–H and O–H groups in total. The van der Waals surface area contributed by atoms with Gasteiger partial charge in [0, 0.05) is 26.0 Å². The lowest BCUT2D eigenvalue weighted by Gasteiger charge is -2.14. The van der Waals surface area contributed by atoms with Crippen LogP contribution in [0.2, 0.25) is 0 Å². The Kier molecular flexibility index (Phi) is 6.58. The molecule has 1 rings (SSSR count). The van der Waals surface area contributed by atoms with Crippen LogP contribution >= 0.6 is 11.8 Å². The first-order valence-corrected chi connectivity index (χ1v) is 4.62. The van der Waals surface area contributed by atoms with Gasteiger partial charge in [0.15, 0.2) is 0 Å². The van der Waals surface area contributed by atoms with Crippen LogP contribution in [-0.2, 0) is 0 Å². The molecule has 0 radical (unpaired) electrons. The molecule has 5 heteroatoms. The Balaban J connectivity index is 0.000000252. The average molecular weight is 196 g/mol. The van der Waals surface area contributed by atoms with Crippen LogP contribution < -0.4 is 0 Å². The van der Waals surface area contributed by atoms with Crippen LogP contribution in [0.1, 0.15) is 6.92 Å². The molecule has 0 aromatic rings. The minimum atomic E-state index is 0.574. The predicted octanol–water partition coefficient (Wildman–Crippen LogP) is 1.36. The van der Waals surface area contributed by atoms with Gasteiger partial charge in [0.25, 0.3) is 0 Å². The van der Waals surface area contributed by atoms with E-state index < -0.39 is 0 Å². The Bertz CT molecular complexity index is 226. The molecule has 0 fully saturated rings. The van der Waals surface area contributed by atoms with Crippen LogP contribution in [0.25, 0.3) is 0 Å². The monoisotopic (exact) mass is 196 g/mol. The van der Waals surface area contributed by atoms with E-state index in [-0.39, 0.29) is 0 Å². The van der Waals surface area contributed by atoms with Gasteiger partial charge in [0.05, 0.1) is 18.4 Å². The van der Waals surface area contributed by atoms with Crippen molar-refractivity contribution in [2.24, 2.45) is 0 Å². The summed E-state index contributed by atoms with van der Waals surface area (Å²) in [5.74, 6) is 0. The van der Waals surface area contributed by atoms with Crippen LogP contribution in [-0.4, -0.2) is 30.1 Å². The van der Waals surface area contributed by atoms with Gasteiger partial charge in [0.2, 0.25) is 0 Å². The van der Waals surface area contributed by atoms with Crippen LogP contribution in [0.4, 0.5) is 0 Å². The normalized spacial score (nSPS) is 12.9. The molecular weight excluding hydrogens is 184 g/mol. The molecule has 70 valence electrons. The summed E-state index contributed by atoms with van der Waals surface area (Å²) < 4.78 is 0. The quantitative estimate of drug-likeness (QED) is 0.593. The second-order valence-corrected chi connectivity index (χ2v) is 2.96. The SMILES string of the molecule is CCN1C=CN(C)C1.N#CSC#N. The highest BCUT2D eigenvalue weighted by Gasteiger charge is 2.03. The van der Waals surface area contributed by atoms with Crippen LogP contribution in [0, 0.1) is 21.3 Å². The molecular formula is C8H12N4S. The molecule has 1 aliphatic rings. The number of rotatable bonds is 1. The minimum Gasteiger partial charge on any atom is -0.362 e. The molecule has 0 aliphatic carbocycles. The summed E-state index contributed by atoms with van der Waals surface area (Å²) >= 11 is 0.574. The van der Waals surface area contributed by atoms with Gasteiger partial charge < -0.3 is 9.80 Å². The van der Waals surface area contributed by atoms with Gasteiger partial charge in [0.1, 0.15) is 10.8 Å². The molecule has 13 heavy (non-hydrogen) atoms. The van der Waals surface area contributed by atoms with Gasteiger partial charge in [-0.1, -0.05) is 0 Å². The largest absolute Gasteiger partial charge is 0.362 e. The molecule has 4 nitrogen and oxygen atoms in total. The van der Waals surface area contributed by atoms with Crippen molar-refractivity contribution in [2.45, 2.75) is 6.92 Å². The number of hydrogen-bond acceptors (Lipinski definition) is 5. The molecule has 0 saturated heterocycles. The highest BCUT2D eigenvalue weighted by molar-refractivity contribution is 8.07. The molecule has 0 unspecified atom stereocenters. The first-order chi connectivity index (χ1) is 6.24. The van der Waals surface area contributed by atoms with Crippen molar-refractivity contribution < 1.29 is 0 Å². The van der Waals surface area contributed by atoms with E-state index in [1.54, 1.807) is 10.8 Å². The first-order valence-electron chi connectivity index (χ1n) is 3.81. The van der Waals surface area contributed by atoms with E-state index >= 15 is 0 Å². The fourth-order valence-corrected chi connectivity index (χ4v) is 0.856. The smallest absolute Gasteiger partial charge is 0.149 e. The summed E-state index contributed by atoms with van der Waals surface area (Å²) in [7, 11) is 2.08. The van der Waals surface area contributed by atoms with Crippen molar-refractivity contribution in [3.05, 3.63) is 12.4 Å². The van der Waals surface area contributed by atoms with Gasteiger partial charge in [-0.05, 0) is 6.92 Å². The second kappa shape index (κ2) is 7.33. The molecule has 0 aromatic carbocycles. The van der Waals surface area contributed by atoms with Crippen molar-refractivity contribution in [3.8, 4) is 10.8 Å². The highest BCUT2D eigenvalue weighted by atomic mass is 32.2. The zero-order valence-corrected chi connectivity index (χ0v) is 8.58. The lowest BCUT2D eigenvalue weighted by Crippen LogP contribution is -2.21. The molecule has 0 bridgehead atoms. The van der Waals surface area contributed by atoms with Gasteiger partial charge >= 0.3 is 0 Å². The molecule has 0 aromatic heterocycles. The van der Waals surface area contributed by atoms with Crippen molar-refractivity contribution in [1.82, 2.24) is 9.80 Å². The summed E-state index contributed by atoms with van der Waals surface area (Å²) in [4.78, 5) is 4.41. The van der Waals surface area contributed by atoms with Crippen LogP contribution in [0.15, 0.2) is 12.4 Å². The fourth-order valence-electron chi connectivity index (χ4n) is 0.815. The van der Waals surface area contributed by atoms with E-state index in [4.69, 9.17) is 10.5 Å². The Labute approximate surface area is 83.0 Å². The van der Waals surface area contributed by atoms with E-state index in [2.05, 4.69) is 36.2 Å². The molecule has 0 spiro atoms. The van der Waals surface area contributed by atoms with Crippen LogP contribution in [0.3, 0.4) is 0 Å². The van der Waals surface area contributed by atoms with Gasteiger partial charge in [-0.15, -0.1) is 0 Å². The topological polar surface area (TPSA) is 54.1 Å². The van der Waals surface area contributed by atoms with E-state index in [1.165, 1.54) is 0 Å². The van der Waals surface area contributed by atoms with Gasteiger partial charge in [-0.3, -0.25) is 0 Å². The molecule has 1 heterocycles. The number of hydrogen-bond donors (Lipinski definition) is 0. The molecule has 0 saturated carbocycles. The third kappa shape index (κ3) is 5.89. The number of nitriles is 2. The standard InChI is InChI=1S/C6H12N2.C2N2S/c1-3-8-5-4-7(2)6-8;3-1-5-2-4/h4-5H,3,6H2,1-2H3;. The average Bonchev–Trinajstić information content (AvgIpc) is 2.54.